The van der Waals surface area contributed by atoms with Gasteiger partial charge in [0.1, 0.15) is 36.0 Å². The molecule has 4 aliphatic rings. The van der Waals surface area contributed by atoms with E-state index in [0.29, 0.717) is 0 Å². The maximum atomic E-state index is 14.7. The first kappa shape index (κ1) is 38.6. The number of phenols is 2. The second-order valence-electron chi connectivity index (χ2n) is 13.3. The van der Waals surface area contributed by atoms with Gasteiger partial charge in [-0.25, -0.2) is 4.79 Å². The second kappa shape index (κ2) is 14.0. The second-order valence-corrected chi connectivity index (χ2v) is 13.3. The number of aliphatic hydroxyl groups excluding tert-OH is 2. The number of nitrogens with one attached hydrogen (secondary N) is 1. The number of phenolic OH excluding ortho intramolecular Hbond substituents is 2. The minimum Gasteiger partial charge on any atom is -0.507 e. The molecule has 18 heteroatoms. The Morgan fingerprint density at radius 3 is 2.39 bits per heavy atom. The maximum Gasteiger partial charge on any atom is 0.341 e. The van der Waals surface area contributed by atoms with Crippen molar-refractivity contribution in [3.8, 4) is 11.5 Å². The van der Waals surface area contributed by atoms with Gasteiger partial charge in [0.05, 0.1) is 54.4 Å². The van der Waals surface area contributed by atoms with Gasteiger partial charge in [0.2, 0.25) is 17.3 Å². The number of hydrogen-bond donors (Lipinski definition) is 7. The number of methoxy groups -OCH3 is 3. The number of nitrogens with zero attached hydrogens (tertiary/aromatic N) is 1. The number of aryl methyl sites for hydroxylation is 1. The molecule has 0 aromatic heterocycles. The van der Waals surface area contributed by atoms with Gasteiger partial charge in [-0.05, 0) is 31.0 Å². The van der Waals surface area contributed by atoms with Crippen molar-refractivity contribution in [3.05, 3.63) is 68.4 Å². The average molecular weight is 754 g/mol. The Labute approximate surface area is 307 Å². The van der Waals surface area contributed by atoms with Crippen LogP contribution in [0.4, 0.5) is 0 Å². The first-order valence-electron chi connectivity index (χ1n) is 16.8. The number of aromatic hydroxyl groups is 2. The lowest BCUT2D eigenvalue weighted by molar-refractivity contribution is -0.181. The Balaban J connectivity index is 1.48. The van der Waals surface area contributed by atoms with Crippen LogP contribution < -0.4 is 11.1 Å². The monoisotopic (exact) mass is 753 g/mol. The van der Waals surface area contributed by atoms with Crippen molar-refractivity contribution in [2.24, 2.45) is 16.8 Å². The number of allylic oxidation sites excluding steroid dienone is 2. The number of ketones is 4. The van der Waals surface area contributed by atoms with Gasteiger partial charge in [0, 0.05) is 50.0 Å². The zero-order valence-electron chi connectivity index (χ0n) is 29.8. The van der Waals surface area contributed by atoms with Crippen molar-refractivity contribution in [1.82, 2.24) is 5.32 Å². The molecule has 1 aliphatic heterocycles. The Bertz CT molecular complexity index is 2060. The molecular formula is C36H39N3O15. The van der Waals surface area contributed by atoms with E-state index in [4.69, 9.17) is 29.5 Å². The van der Waals surface area contributed by atoms with Crippen LogP contribution in [0.3, 0.4) is 0 Å². The molecule has 0 bridgehead atoms. The molecule has 7 atom stereocenters. The Hall–Kier alpha value is -5.08. The maximum absolute atomic E-state index is 14.7. The number of nitrogens with two attached hydrogens (primary N) is 1. The van der Waals surface area contributed by atoms with Crippen LogP contribution in [0.25, 0.3) is 0 Å². The van der Waals surface area contributed by atoms with E-state index in [-0.39, 0.29) is 30.0 Å². The number of esters is 1. The van der Waals surface area contributed by atoms with Gasteiger partial charge in [-0.1, -0.05) is 11.2 Å². The molecule has 6 rings (SSSR count). The van der Waals surface area contributed by atoms with Gasteiger partial charge < -0.3 is 60.4 Å². The Kier molecular flexibility index (Phi) is 9.99. The highest BCUT2D eigenvalue weighted by Crippen LogP contribution is 2.56. The summed E-state index contributed by atoms with van der Waals surface area (Å²) in [7, 11) is 3.35. The molecule has 0 amide bonds. The summed E-state index contributed by atoms with van der Waals surface area (Å²) >= 11 is 0. The van der Waals surface area contributed by atoms with Crippen molar-refractivity contribution in [1.29, 1.82) is 0 Å². The molecule has 0 radical (unpaired) electrons. The lowest BCUT2D eigenvalue weighted by Crippen LogP contribution is -2.73. The molecule has 2 aromatic carbocycles. The van der Waals surface area contributed by atoms with E-state index in [9.17, 15) is 49.5 Å². The predicted octanol–water partition coefficient (Wildman–Crippen LogP) is -0.686. The lowest BCUT2D eigenvalue weighted by Gasteiger charge is -2.52. The number of rotatable bonds is 9. The number of aliphatic hydroxyl groups is 3. The van der Waals surface area contributed by atoms with Crippen molar-refractivity contribution in [2.75, 3.05) is 41.1 Å². The summed E-state index contributed by atoms with van der Waals surface area (Å²) in [6.07, 6.45) is -4.29. The summed E-state index contributed by atoms with van der Waals surface area (Å²) in [5.74, 6) is -8.75. The average Bonchev–Trinajstić information content (AvgIpc) is 3.12. The topological polar surface area (TPSA) is 283 Å². The summed E-state index contributed by atoms with van der Waals surface area (Å²) in [5, 5.41) is 64.2. The van der Waals surface area contributed by atoms with Crippen LogP contribution in [-0.2, 0) is 35.8 Å². The number of fused-ring (bicyclic) bond motifs is 5. The van der Waals surface area contributed by atoms with Gasteiger partial charge in [0.15, 0.2) is 17.0 Å². The molecule has 0 unspecified atom stereocenters. The first-order valence-corrected chi connectivity index (χ1v) is 16.8. The molecule has 2 aromatic rings. The fourth-order valence-corrected chi connectivity index (χ4v) is 8.04. The summed E-state index contributed by atoms with van der Waals surface area (Å²) in [4.78, 5) is 74.9. The van der Waals surface area contributed by atoms with Crippen LogP contribution in [0.15, 0.2) is 29.1 Å². The van der Waals surface area contributed by atoms with Gasteiger partial charge in [-0.3, -0.25) is 19.2 Å². The standard InChI is InChI=1S/C36H39N3O15/c1-13-8-15-9-21(42)36(52-5)32(47)24-17(31(46)35(36,49)25(15)29(45)22(13)34(48)51-4)10-16-23(28(24)44)20(41)11-19(27(16)43)38-33-18(12-40)26(39-53-7-6-37)30(50-3)14(2)54-33/h8,10-11,14,18,21,30,33,38,40,42,44-45,49H,6-7,9,12,37H2,1-5H3/b39-26+/t14-,18+,21+,30-,33-,35-,36+/m0/s1. The normalized spacial score (nSPS) is 29.5. The van der Waals surface area contributed by atoms with E-state index in [1.54, 1.807) is 6.92 Å². The SMILES string of the molecule is COC(=O)c1c(C)cc2c(c1O)[C@]1(O)C(=O)c3cc4c(c(O)c3C(=O)[C@]1(OC)[C@H](O)C2)C(=O)C=C(N[C@H]1O[C@@H](C)[C@H](OC)/C(=N/OCCN)[C@H]1CO)C4=O. The van der Waals surface area contributed by atoms with Gasteiger partial charge in [0.25, 0.3) is 0 Å². The first-order chi connectivity index (χ1) is 25.6. The Morgan fingerprint density at radius 2 is 1.78 bits per heavy atom. The van der Waals surface area contributed by atoms with Crippen LogP contribution in [0.1, 0.15) is 75.4 Å². The summed E-state index contributed by atoms with van der Waals surface area (Å²) in [5.41, 5.74) is -4.56. The van der Waals surface area contributed by atoms with Gasteiger partial charge in [-0.2, -0.15) is 0 Å². The van der Waals surface area contributed by atoms with Crippen LogP contribution in [0.2, 0.25) is 0 Å². The van der Waals surface area contributed by atoms with E-state index in [1.807, 2.05) is 0 Å². The predicted molar refractivity (Wildman–Crippen MR) is 182 cm³/mol. The zero-order valence-corrected chi connectivity index (χ0v) is 29.8. The summed E-state index contributed by atoms with van der Waals surface area (Å²) < 4.78 is 21.8. The van der Waals surface area contributed by atoms with E-state index in [0.717, 1.165) is 26.4 Å². The fraction of sp³-hybridized carbons (Fsp3) is 0.444. The minimum absolute atomic E-state index is 0.0139. The molecular weight excluding hydrogens is 714 g/mol. The van der Waals surface area contributed by atoms with E-state index in [2.05, 4.69) is 10.5 Å². The van der Waals surface area contributed by atoms with Crippen molar-refractivity contribution in [3.63, 3.8) is 0 Å². The minimum atomic E-state index is -3.25. The molecule has 8 N–H and O–H groups in total. The number of benzene rings is 2. The molecule has 54 heavy (non-hydrogen) atoms. The third-order valence-electron chi connectivity index (χ3n) is 10.5. The molecule has 18 nitrogen and oxygen atoms in total. The van der Waals surface area contributed by atoms with Gasteiger partial charge >= 0.3 is 5.97 Å². The number of carbonyl (C=O) groups excluding carboxylic acids is 5. The van der Waals surface area contributed by atoms with E-state index in [1.165, 1.54) is 20.1 Å². The van der Waals surface area contributed by atoms with Crippen LogP contribution in [0, 0.1) is 12.8 Å². The van der Waals surface area contributed by atoms with Crippen LogP contribution >= 0.6 is 0 Å². The van der Waals surface area contributed by atoms with Crippen molar-refractivity contribution in [2.45, 2.75) is 56.0 Å². The van der Waals surface area contributed by atoms with Gasteiger partial charge in [-0.15, -0.1) is 0 Å². The molecule has 0 saturated carbocycles. The van der Waals surface area contributed by atoms with Crippen molar-refractivity contribution < 1.29 is 73.3 Å². The van der Waals surface area contributed by atoms with Crippen LogP contribution in [-0.4, -0.2) is 132 Å². The number of ether oxygens (including phenoxy) is 4. The largest absolute Gasteiger partial charge is 0.507 e. The number of oxime groups is 1. The highest BCUT2D eigenvalue weighted by Gasteiger charge is 2.72. The molecule has 0 spiro atoms. The highest BCUT2D eigenvalue weighted by molar-refractivity contribution is 6.31. The van der Waals surface area contributed by atoms with Crippen molar-refractivity contribution >= 4 is 34.8 Å². The molecule has 1 heterocycles. The third-order valence-corrected chi connectivity index (χ3v) is 10.5. The molecule has 3 aliphatic carbocycles. The van der Waals surface area contributed by atoms with E-state index < -0.39 is 134 Å². The number of hydrogen-bond acceptors (Lipinski definition) is 18. The van der Waals surface area contributed by atoms with Crippen LogP contribution in [0.5, 0.6) is 11.5 Å². The van der Waals surface area contributed by atoms with E-state index >= 15 is 0 Å². The lowest BCUT2D eigenvalue weighted by atomic mass is 9.56. The highest BCUT2D eigenvalue weighted by atomic mass is 16.6. The molecule has 288 valence electrons. The number of Topliss-reactive ketones (excluding diaryl/α,β-unsaturated/α-hetero) is 3. The zero-order chi connectivity index (χ0) is 39.6. The summed E-state index contributed by atoms with van der Waals surface area (Å²) in [6.45, 7) is 2.69. The fourth-order valence-electron chi connectivity index (χ4n) is 8.04. The smallest absolute Gasteiger partial charge is 0.341 e. The third kappa shape index (κ3) is 5.20. The number of carbonyl (C=O) groups is 5. The molecule has 1 saturated heterocycles. The molecule has 1 fully saturated rings. The quantitative estimate of drug-likeness (QED) is 0.0948. The Morgan fingerprint density at radius 1 is 1.07 bits per heavy atom. The summed E-state index contributed by atoms with van der Waals surface area (Å²) in [6, 6.07) is 2.17.